The number of benzene rings is 1. The highest BCUT2D eigenvalue weighted by Gasteiger charge is 2.32. The van der Waals surface area contributed by atoms with E-state index in [9.17, 15) is 18.0 Å². The van der Waals surface area contributed by atoms with Gasteiger partial charge in [0, 0.05) is 12.6 Å². The van der Waals surface area contributed by atoms with Crippen molar-refractivity contribution in [2.45, 2.75) is 25.4 Å². The van der Waals surface area contributed by atoms with Gasteiger partial charge in [-0.15, -0.1) is 0 Å². The first kappa shape index (κ1) is 14.0. The van der Waals surface area contributed by atoms with E-state index in [0.717, 1.165) is 0 Å². The van der Waals surface area contributed by atoms with E-state index < -0.39 is 18.5 Å². The predicted octanol–water partition coefficient (Wildman–Crippen LogP) is 3.20. The van der Waals surface area contributed by atoms with Crippen LogP contribution < -0.4 is 5.32 Å². The maximum Gasteiger partial charge on any atom is 0.390 e. The van der Waals surface area contributed by atoms with Crippen LogP contribution in [0, 0.1) is 11.3 Å². The van der Waals surface area contributed by atoms with Gasteiger partial charge in [0.15, 0.2) is 0 Å². The van der Waals surface area contributed by atoms with Crippen molar-refractivity contribution in [3.05, 3.63) is 29.8 Å². The standard InChI is InChI=1S/C12H11F3N2O/c1-8(18)17-11-4-2-9(3-5-11)10(7-16)6-12(13,14)15/h2-5,10H,6H2,1H3,(H,17,18)/t10-/m1/s1. The molecule has 0 heterocycles. The summed E-state index contributed by atoms with van der Waals surface area (Å²) in [5.41, 5.74) is 0.763. The molecule has 0 radical (unpaired) electrons. The molecule has 6 heteroatoms. The van der Waals surface area contributed by atoms with Crippen molar-refractivity contribution < 1.29 is 18.0 Å². The first-order chi connectivity index (χ1) is 8.31. The van der Waals surface area contributed by atoms with E-state index >= 15 is 0 Å². The van der Waals surface area contributed by atoms with Crippen LogP contribution in [-0.2, 0) is 4.79 Å². The summed E-state index contributed by atoms with van der Waals surface area (Å²) in [7, 11) is 0. The maximum absolute atomic E-state index is 12.2. The molecule has 96 valence electrons. The zero-order valence-corrected chi connectivity index (χ0v) is 9.58. The number of halogens is 3. The van der Waals surface area contributed by atoms with Crippen LogP contribution >= 0.6 is 0 Å². The molecule has 0 unspecified atom stereocenters. The van der Waals surface area contributed by atoms with Crippen molar-refractivity contribution in [3.8, 4) is 6.07 Å². The van der Waals surface area contributed by atoms with Crippen LogP contribution in [0.25, 0.3) is 0 Å². The number of nitrogens with zero attached hydrogens (tertiary/aromatic N) is 1. The second kappa shape index (κ2) is 5.54. The fourth-order valence-electron chi connectivity index (χ4n) is 1.47. The number of rotatable bonds is 3. The molecule has 1 atom stereocenters. The number of nitrogens with one attached hydrogen (secondary N) is 1. The highest BCUT2D eigenvalue weighted by Crippen LogP contribution is 2.31. The Hall–Kier alpha value is -2.03. The average Bonchev–Trinajstić information content (AvgIpc) is 2.25. The minimum atomic E-state index is -4.38. The van der Waals surface area contributed by atoms with E-state index in [1.165, 1.54) is 31.2 Å². The highest BCUT2D eigenvalue weighted by atomic mass is 19.4. The smallest absolute Gasteiger partial charge is 0.326 e. The minimum Gasteiger partial charge on any atom is -0.326 e. The predicted molar refractivity (Wildman–Crippen MR) is 59.8 cm³/mol. The summed E-state index contributed by atoms with van der Waals surface area (Å²) in [4.78, 5) is 10.8. The molecule has 0 aliphatic carbocycles. The molecule has 0 spiro atoms. The van der Waals surface area contributed by atoms with Crippen LogP contribution in [0.5, 0.6) is 0 Å². The fourth-order valence-corrected chi connectivity index (χ4v) is 1.47. The minimum absolute atomic E-state index is 0.269. The molecule has 0 saturated carbocycles. The van der Waals surface area contributed by atoms with Crippen molar-refractivity contribution in [3.63, 3.8) is 0 Å². The van der Waals surface area contributed by atoms with E-state index in [2.05, 4.69) is 5.32 Å². The first-order valence-corrected chi connectivity index (χ1v) is 5.16. The molecule has 3 nitrogen and oxygen atoms in total. The number of anilines is 1. The van der Waals surface area contributed by atoms with Gasteiger partial charge < -0.3 is 5.32 Å². The molecule has 0 aliphatic heterocycles. The largest absolute Gasteiger partial charge is 0.390 e. The highest BCUT2D eigenvalue weighted by molar-refractivity contribution is 5.88. The van der Waals surface area contributed by atoms with Crippen molar-refractivity contribution in [1.29, 1.82) is 5.26 Å². The van der Waals surface area contributed by atoms with Crippen LogP contribution in [0.1, 0.15) is 24.8 Å². The van der Waals surface area contributed by atoms with Crippen molar-refractivity contribution >= 4 is 11.6 Å². The van der Waals surface area contributed by atoms with Crippen molar-refractivity contribution in [1.82, 2.24) is 0 Å². The van der Waals surface area contributed by atoms with E-state index in [4.69, 9.17) is 5.26 Å². The quantitative estimate of drug-likeness (QED) is 0.902. The Labute approximate surface area is 102 Å². The van der Waals surface area contributed by atoms with Gasteiger partial charge in [0.1, 0.15) is 0 Å². The van der Waals surface area contributed by atoms with Gasteiger partial charge in [-0.1, -0.05) is 12.1 Å². The second-order valence-electron chi connectivity index (χ2n) is 3.80. The Balaban J connectivity index is 2.83. The van der Waals surface area contributed by atoms with Crippen molar-refractivity contribution in [2.75, 3.05) is 5.32 Å². The molecule has 0 aliphatic rings. The molecule has 1 aromatic carbocycles. The number of amides is 1. The monoisotopic (exact) mass is 256 g/mol. The molecule has 18 heavy (non-hydrogen) atoms. The van der Waals surface area contributed by atoms with Gasteiger partial charge in [-0.2, -0.15) is 18.4 Å². The van der Waals surface area contributed by atoms with Gasteiger partial charge in [-0.3, -0.25) is 4.79 Å². The average molecular weight is 256 g/mol. The molecular weight excluding hydrogens is 245 g/mol. The molecular formula is C12H11F3N2O. The lowest BCUT2D eigenvalue weighted by Gasteiger charge is -2.12. The Kier molecular flexibility index (Phi) is 4.32. The number of nitriles is 1. The Bertz CT molecular complexity index is 460. The van der Waals surface area contributed by atoms with E-state index in [-0.39, 0.29) is 11.5 Å². The zero-order chi connectivity index (χ0) is 13.8. The first-order valence-electron chi connectivity index (χ1n) is 5.16. The second-order valence-corrected chi connectivity index (χ2v) is 3.80. The summed E-state index contributed by atoms with van der Waals surface area (Å²) in [6.07, 6.45) is -5.56. The normalized spacial score (nSPS) is 12.6. The SMILES string of the molecule is CC(=O)Nc1ccc([C@@H](C#N)CC(F)(F)F)cc1. The summed E-state index contributed by atoms with van der Waals surface area (Å²) in [6, 6.07) is 7.38. The van der Waals surface area contributed by atoms with E-state index in [0.29, 0.717) is 5.69 Å². The number of alkyl halides is 3. The number of hydrogen-bond donors (Lipinski definition) is 1. The Morgan fingerprint density at radius 1 is 1.39 bits per heavy atom. The van der Waals surface area contributed by atoms with Gasteiger partial charge in [-0.05, 0) is 17.7 Å². The molecule has 1 amide bonds. The van der Waals surface area contributed by atoms with Crippen LogP contribution in [0.15, 0.2) is 24.3 Å². The molecule has 1 rings (SSSR count). The van der Waals surface area contributed by atoms with Crippen LogP contribution in [-0.4, -0.2) is 12.1 Å². The Morgan fingerprint density at radius 2 is 1.94 bits per heavy atom. The third kappa shape index (κ3) is 4.45. The number of carbonyl (C=O) groups excluding carboxylic acids is 1. The summed E-state index contributed by atoms with van der Waals surface area (Å²) < 4.78 is 36.7. The third-order valence-corrected chi connectivity index (χ3v) is 2.22. The number of hydrogen-bond acceptors (Lipinski definition) is 2. The van der Waals surface area contributed by atoms with Gasteiger partial charge in [0.2, 0.25) is 5.91 Å². The topological polar surface area (TPSA) is 52.9 Å². The molecule has 1 aromatic rings. The van der Waals surface area contributed by atoms with Crippen LogP contribution in [0.3, 0.4) is 0 Å². The molecule has 0 bridgehead atoms. The van der Waals surface area contributed by atoms with E-state index in [1.54, 1.807) is 6.07 Å². The van der Waals surface area contributed by atoms with Gasteiger partial charge in [0.25, 0.3) is 0 Å². The van der Waals surface area contributed by atoms with Gasteiger partial charge in [0.05, 0.1) is 18.4 Å². The van der Waals surface area contributed by atoms with Gasteiger partial charge >= 0.3 is 6.18 Å². The van der Waals surface area contributed by atoms with Crippen molar-refractivity contribution in [2.24, 2.45) is 0 Å². The fraction of sp³-hybridized carbons (Fsp3) is 0.333. The molecule has 0 saturated heterocycles. The summed E-state index contributed by atoms with van der Waals surface area (Å²) in [5, 5.41) is 11.2. The van der Waals surface area contributed by atoms with Gasteiger partial charge in [-0.25, -0.2) is 0 Å². The third-order valence-electron chi connectivity index (χ3n) is 2.22. The van der Waals surface area contributed by atoms with Crippen LogP contribution in [0.4, 0.5) is 18.9 Å². The van der Waals surface area contributed by atoms with E-state index in [1.807, 2.05) is 0 Å². The molecule has 1 N–H and O–H groups in total. The maximum atomic E-state index is 12.2. The van der Waals surface area contributed by atoms with Crippen LogP contribution in [0.2, 0.25) is 0 Å². The molecule has 0 fully saturated rings. The summed E-state index contributed by atoms with van der Waals surface area (Å²) in [6.45, 7) is 1.33. The lowest BCUT2D eigenvalue weighted by molar-refractivity contribution is -0.136. The molecule has 0 aromatic heterocycles. The Morgan fingerprint density at radius 3 is 2.33 bits per heavy atom. The zero-order valence-electron chi connectivity index (χ0n) is 9.58. The lowest BCUT2D eigenvalue weighted by atomic mass is 9.97. The summed E-state index contributed by atoms with van der Waals surface area (Å²) in [5.74, 6) is -1.49. The summed E-state index contributed by atoms with van der Waals surface area (Å²) >= 11 is 0. The number of carbonyl (C=O) groups is 1. The lowest BCUT2D eigenvalue weighted by Crippen LogP contribution is -2.13.